The molecule has 6 rings (SSSR count). The number of hydrogen-bond donors (Lipinski definition) is 1. The van der Waals surface area contributed by atoms with Gasteiger partial charge in [0.1, 0.15) is 5.75 Å². The van der Waals surface area contributed by atoms with E-state index in [2.05, 4.69) is 55.5 Å². The van der Waals surface area contributed by atoms with Crippen molar-refractivity contribution >= 4 is 18.0 Å². The molecule has 2 aromatic rings. The molecule has 4 heteroatoms. The molecule has 4 bridgehead atoms. The molecule has 47 heavy (non-hydrogen) atoms. The van der Waals surface area contributed by atoms with Crippen LogP contribution >= 0.6 is 0 Å². The number of unbranched alkanes of at least 4 members (excludes halogenated alkanes) is 8. The van der Waals surface area contributed by atoms with Crippen LogP contribution in [0.5, 0.6) is 5.75 Å². The lowest BCUT2D eigenvalue weighted by molar-refractivity contribution is -0.134. The normalized spacial score (nSPS) is 23.4. The van der Waals surface area contributed by atoms with Gasteiger partial charge in [-0.25, -0.2) is 4.79 Å². The molecule has 0 atom stereocenters. The number of hydrogen-bond acceptors (Lipinski definition) is 3. The van der Waals surface area contributed by atoms with Crippen molar-refractivity contribution in [3.05, 3.63) is 84.0 Å². The summed E-state index contributed by atoms with van der Waals surface area (Å²) in [6, 6.07) is 14.4. The van der Waals surface area contributed by atoms with Crippen LogP contribution in [-0.2, 0) is 15.0 Å². The Kier molecular flexibility index (Phi) is 13.1. The average Bonchev–Trinajstić information content (AvgIpc) is 3.05. The Morgan fingerprint density at radius 1 is 0.766 bits per heavy atom. The standard InChI is InChI=1S/C43H56O4/c1-2-3-4-5-6-7-8-9-10-11-12-13-14-15-16-17-42(46)47-40-24-23-38(37-21-18-33(19-22-37)20-25-41(44)45)29-39(40)43-30-34-26-35(31-43)28-36(27-34)32-43/h6-7,9-10,18-25,29,34-36H,2-5,8,11-17,26-28,30-32H2,1H3,(H,44,45)/b7-6+,10-9-,25-20+. The second-order valence-electron chi connectivity index (χ2n) is 14.7. The molecule has 2 aromatic carbocycles. The third kappa shape index (κ3) is 10.3. The van der Waals surface area contributed by atoms with Crippen LogP contribution in [0.4, 0.5) is 0 Å². The zero-order valence-electron chi connectivity index (χ0n) is 28.6. The van der Waals surface area contributed by atoms with E-state index < -0.39 is 5.97 Å². The first-order valence-corrected chi connectivity index (χ1v) is 18.6. The minimum atomic E-state index is -0.949. The maximum absolute atomic E-state index is 13.1. The van der Waals surface area contributed by atoms with Crippen molar-refractivity contribution in [2.75, 3.05) is 0 Å². The van der Waals surface area contributed by atoms with Crippen LogP contribution in [0.2, 0.25) is 0 Å². The fraction of sp³-hybridized carbons (Fsp3) is 0.535. The van der Waals surface area contributed by atoms with Gasteiger partial charge in [0, 0.05) is 18.1 Å². The molecule has 4 aliphatic rings. The second kappa shape index (κ2) is 17.7. The van der Waals surface area contributed by atoms with E-state index >= 15 is 0 Å². The van der Waals surface area contributed by atoms with E-state index in [0.717, 1.165) is 72.3 Å². The summed E-state index contributed by atoms with van der Waals surface area (Å²) in [7, 11) is 0. The summed E-state index contributed by atoms with van der Waals surface area (Å²) in [4.78, 5) is 24.1. The molecule has 4 nitrogen and oxygen atoms in total. The molecule has 0 amide bonds. The maximum Gasteiger partial charge on any atom is 0.328 e. The van der Waals surface area contributed by atoms with Gasteiger partial charge < -0.3 is 9.84 Å². The van der Waals surface area contributed by atoms with Gasteiger partial charge in [0.05, 0.1) is 0 Å². The highest BCUT2D eigenvalue weighted by Gasteiger charge is 2.52. The number of rotatable bonds is 19. The molecule has 1 N–H and O–H groups in total. The van der Waals surface area contributed by atoms with Gasteiger partial charge in [-0.05, 0) is 135 Å². The van der Waals surface area contributed by atoms with E-state index in [9.17, 15) is 9.59 Å². The van der Waals surface area contributed by atoms with Crippen LogP contribution < -0.4 is 4.74 Å². The Hall–Kier alpha value is -3.40. The van der Waals surface area contributed by atoms with E-state index in [4.69, 9.17) is 9.84 Å². The first-order chi connectivity index (χ1) is 22.9. The summed E-state index contributed by atoms with van der Waals surface area (Å²) in [5, 5.41) is 8.97. The van der Waals surface area contributed by atoms with Crippen LogP contribution in [-0.4, -0.2) is 17.0 Å². The molecule has 4 saturated carbocycles. The molecule has 0 aromatic heterocycles. The lowest BCUT2D eigenvalue weighted by atomic mass is 9.48. The summed E-state index contributed by atoms with van der Waals surface area (Å²) in [6.07, 6.45) is 33.0. The molecule has 0 aliphatic heterocycles. The number of carboxylic acid groups (broad SMARTS) is 1. The number of esters is 1. The first-order valence-electron chi connectivity index (χ1n) is 18.6. The minimum Gasteiger partial charge on any atom is -0.478 e. The van der Waals surface area contributed by atoms with E-state index in [-0.39, 0.29) is 11.4 Å². The fourth-order valence-electron chi connectivity index (χ4n) is 8.86. The van der Waals surface area contributed by atoms with Crippen LogP contribution in [0.3, 0.4) is 0 Å². The number of carbonyl (C=O) groups excluding carboxylic acids is 1. The number of carbonyl (C=O) groups is 2. The Morgan fingerprint density at radius 3 is 2.00 bits per heavy atom. The van der Waals surface area contributed by atoms with Gasteiger partial charge in [0.2, 0.25) is 0 Å². The summed E-state index contributed by atoms with van der Waals surface area (Å²) >= 11 is 0. The van der Waals surface area contributed by atoms with E-state index in [1.807, 2.05) is 18.2 Å². The smallest absolute Gasteiger partial charge is 0.328 e. The number of allylic oxidation sites excluding steroid dienone is 4. The average molecular weight is 637 g/mol. The van der Waals surface area contributed by atoms with Gasteiger partial charge in [-0.15, -0.1) is 0 Å². The highest BCUT2D eigenvalue weighted by atomic mass is 16.5. The third-order valence-electron chi connectivity index (χ3n) is 10.8. The van der Waals surface area contributed by atoms with Crippen molar-refractivity contribution in [2.24, 2.45) is 17.8 Å². The highest BCUT2D eigenvalue weighted by molar-refractivity contribution is 5.85. The van der Waals surface area contributed by atoms with Crippen LogP contribution in [0.15, 0.2) is 72.8 Å². The Labute approximate surface area is 283 Å². The Bertz CT molecular complexity index is 1360. The van der Waals surface area contributed by atoms with Crippen molar-refractivity contribution in [3.8, 4) is 16.9 Å². The third-order valence-corrected chi connectivity index (χ3v) is 10.8. The van der Waals surface area contributed by atoms with Gasteiger partial charge in [0.25, 0.3) is 0 Å². The highest BCUT2D eigenvalue weighted by Crippen LogP contribution is 2.62. The Morgan fingerprint density at radius 2 is 1.36 bits per heavy atom. The molecule has 0 unspecified atom stereocenters. The molecular formula is C43H56O4. The fourth-order valence-corrected chi connectivity index (χ4v) is 8.86. The SMILES string of the molecule is CCCCC/C=C/C/C=C\CCCCCCCC(=O)Oc1ccc(-c2ccc(/C=C/C(=O)O)cc2)cc1C12CC3CC(CC(C3)C1)C2. The van der Waals surface area contributed by atoms with Crippen LogP contribution in [0.1, 0.15) is 134 Å². The molecule has 0 heterocycles. The van der Waals surface area contributed by atoms with Gasteiger partial charge in [-0.1, -0.05) is 93.7 Å². The maximum atomic E-state index is 13.1. The zero-order chi connectivity index (χ0) is 32.9. The minimum absolute atomic E-state index is 0.101. The summed E-state index contributed by atoms with van der Waals surface area (Å²) in [5.41, 5.74) is 4.40. The molecule has 252 valence electrons. The Balaban J connectivity index is 1.13. The molecule has 4 fully saturated rings. The van der Waals surface area contributed by atoms with E-state index in [1.54, 1.807) is 6.08 Å². The van der Waals surface area contributed by atoms with Crippen molar-refractivity contribution < 1.29 is 19.4 Å². The van der Waals surface area contributed by atoms with E-state index in [0.29, 0.717) is 6.42 Å². The van der Waals surface area contributed by atoms with Gasteiger partial charge in [-0.3, -0.25) is 4.79 Å². The predicted molar refractivity (Wildman–Crippen MR) is 193 cm³/mol. The van der Waals surface area contributed by atoms with Crippen LogP contribution in [0, 0.1) is 17.8 Å². The van der Waals surface area contributed by atoms with Crippen molar-refractivity contribution in [1.82, 2.24) is 0 Å². The number of ether oxygens (including phenoxy) is 1. The molecular weight excluding hydrogens is 580 g/mol. The monoisotopic (exact) mass is 636 g/mol. The summed E-state index contributed by atoms with van der Waals surface area (Å²) in [6.45, 7) is 2.25. The van der Waals surface area contributed by atoms with Crippen molar-refractivity contribution in [2.45, 2.75) is 128 Å². The zero-order valence-corrected chi connectivity index (χ0v) is 28.6. The van der Waals surface area contributed by atoms with Crippen LogP contribution in [0.25, 0.3) is 17.2 Å². The van der Waals surface area contributed by atoms with Gasteiger partial charge in [-0.2, -0.15) is 0 Å². The molecule has 0 saturated heterocycles. The van der Waals surface area contributed by atoms with Crippen molar-refractivity contribution in [1.29, 1.82) is 0 Å². The summed E-state index contributed by atoms with van der Waals surface area (Å²) < 4.78 is 6.20. The molecule has 0 spiro atoms. The first kappa shape index (κ1) is 34.9. The quantitative estimate of drug-likeness (QED) is 0.0548. The summed E-state index contributed by atoms with van der Waals surface area (Å²) in [5.74, 6) is 2.09. The topological polar surface area (TPSA) is 63.6 Å². The molecule has 4 aliphatic carbocycles. The number of aliphatic carboxylic acids is 1. The van der Waals surface area contributed by atoms with Gasteiger partial charge in [0.15, 0.2) is 0 Å². The lowest BCUT2D eigenvalue weighted by Crippen LogP contribution is -2.48. The second-order valence-corrected chi connectivity index (χ2v) is 14.7. The van der Waals surface area contributed by atoms with Crippen molar-refractivity contribution in [3.63, 3.8) is 0 Å². The molecule has 0 radical (unpaired) electrons. The van der Waals surface area contributed by atoms with E-state index in [1.165, 1.54) is 88.7 Å². The largest absolute Gasteiger partial charge is 0.478 e. The predicted octanol–water partition coefficient (Wildman–Crippen LogP) is 11.6. The lowest BCUT2D eigenvalue weighted by Gasteiger charge is -2.57. The van der Waals surface area contributed by atoms with Gasteiger partial charge >= 0.3 is 11.9 Å². The number of benzene rings is 2. The number of carboxylic acids is 1.